The number of nitrogens with one attached hydrogen (secondary N) is 1. The highest BCUT2D eigenvalue weighted by molar-refractivity contribution is 8.01. The van der Waals surface area contributed by atoms with E-state index < -0.39 is 53.0 Å². The number of hydrogen-bond acceptors (Lipinski definition) is 18. The van der Waals surface area contributed by atoms with Crippen LogP contribution in [0.15, 0.2) is 43.2 Å². The van der Waals surface area contributed by atoms with Crippen LogP contribution in [0, 0.1) is 0 Å². The first-order valence-corrected chi connectivity index (χ1v) is 16.6. The summed E-state index contributed by atoms with van der Waals surface area (Å²) in [5.74, 6) is -3.80. The number of pyridine rings is 1. The number of carboxylic acids is 1. The van der Waals surface area contributed by atoms with Crippen LogP contribution in [0.25, 0.3) is 0 Å². The molecule has 2 aliphatic rings. The van der Waals surface area contributed by atoms with Crippen LogP contribution in [0.3, 0.4) is 0 Å². The van der Waals surface area contributed by atoms with E-state index in [9.17, 15) is 39.4 Å². The first kappa shape index (κ1) is 32.7. The molecule has 2 aliphatic heterocycles. The lowest BCUT2D eigenvalue weighted by Crippen LogP contribution is -2.71. The van der Waals surface area contributed by atoms with Crippen molar-refractivity contribution < 1.29 is 44.2 Å². The number of nitrogens with two attached hydrogens (primary N) is 1. The van der Waals surface area contributed by atoms with Gasteiger partial charge in [0.1, 0.15) is 28.5 Å². The molecule has 2 amide bonds. The topological polar surface area (TPSA) is 262 Å². The Bertz CT molecular complexity index is 1840. The number of aromatic nitrogens is 4. The van der Waals surface area contributed by atoms with Crippen LogP contribution in [0.1, 0.15) is 28.1 Å². The molecular weight excluding hydrogens is 689 g/mol. The number of anilines is 1. The number of β-lactam (4-membered cyclic amide) rings is 1. The van der Waals surface area contributed by atoms with Gasteiger partial charge >= 0.3 is 11.9 Å². The summed E-state index contributed by atoms with van der Waals surface area (Å²) >= 11 is 4.41. The predicted molar refractivity (Wildman–Crippen MR) is 164 cm³/mol. The Morgan fingerprint density at radius 2 is 2.07 bits per heavy atom. The number of carbonyl (C=O) groups is 4. The normalized spacial score (nSPS) is 17.7. The summed E-state index contributed by atoms with van der Waals surface area (Å²) in [5, 5.41) is 44.2. The molecule has 5 rings (SSSR count). The number of carbonyl (C=O) groups excluding carboxylic acids is 3. The molecule has 3 aromatic heterocycles. The minimum Gasteiger partial charge on any atom is -0.503 e. The van der Waals surface area contributed by atoms with Crippen LogP contribution in [-0.2, 0) is 30.6 Å². The lowest BCUT2D eigenvalue weighted by molar-refractivity contribution is -0.150. The number of aromatic hydroxyl groups is 1. The van der Waals surface area contributed by atoms with Gasteiger partial charge in [0.05, 0.1) is 12.8 Å². The van der Waals surface area contributed by atoms with E-state index in [-0.39, 0.29) is 51.0 Å². The van der Waals surface area contributed by atoms with Crippen molar-refractivity contribution in [3.05, 3.63) is 55.5 Å². The SMILES string of the molecule is CCOC(=O)c1nnc(SCC2=C(C(=O)O)N3C(=O)[C@@H](NC(=O)C(=NOCc4cc(=O)c(O)cn4O)c4csc(N)n4)[C@H]3SC2)s1. The van der Waals surface area contributed by atoms with Gasteiger partial charge < -0.3 is 36.0 Å². The number of thioether (sulfide) groups is 2. The fourth-order valence-corrected chi connectivity index (χ4v) is 7.90. The molecule has 0 radical (unpaired) electrons. The van der Waals surface area contributed by atoms with Gasteiger partial charge in [0.15, 0.2) is 27.5 Å². The number of fused-ring (bicyclic) bond motifs is 1. The minimum absolute atomic E-state index is 0.0141. The molecule has 0 unspecified atom stereocenters. The molecule has 5 heterocycles. The maximum Gasteiger partial charge on any atom is 0.369 e. The Kier molecular flexibility index (Phi) is 9.79. The molecule has 46 heavy (non-hydrogen) atoms. The number of ether oxygens (including phenoxy) is 1. The third-order valence-electron chi connectivity index (χ3n) is 6.20. The largest absolute Gasteiger partial charge is 0.503 e. The molecular formula is C24H22N8O10S4. The Morgan fingerprint density at radius 1 is 1.28 bits per heavy atom. The van der Waals surface area contributed by atoms with Gasteiger partial charge in [-0.3, -0.25) is 19.3 Å². The molecule has 2 atom stereocenters. The molecule has 3 aromatic rings. The molecule has 22 heteroatoms. The summed E-state index contributed by atoms with van der Waals surface area (Å²) in [6, 6.07) is -0.209. The van der Waals surface area contributed by atoms with Gasteiger partial charge in [0, 0.05) is 23.0 Å². The lowest BCUT2D eigenvalue weighted by Gasteiger charge is -2.49. The number of aliphatic carboxylic acids is 1. The zero-order valence-electron chi connectivity index (χ0n) is 23.3. The van der Waals surface area contributed by atoms with E-state index in [1.165, 1.54) is 17.1 Å². The molecule has 0 spiro atoms. The Morgan fingerprint density at radius 3 is 2.76 bits per heavy atom. The van der Waals surface area contributed by atoms with Crippen LogP contribution < -0.4 is 16.5 Å². The zero-order valence-corrected chi connectivity index (χ0v) is 26.6. The monoisotopic (exact) mass is 710 g/mol. The summed E-state index contributed by atoms with van der Waals surface area (Å²) in [7, 11) is 0. The van der Waals surface area contributed by atoms with Crippen molar-refractivity contribution in [1.82, 2.24) is 30.1 Å². The maximum atomic E-state index is 13.3. The van der Waals surface area contributed by atoms with Gasteiger partial charge in [-0.05, 0) is 12.5 Å². The molecule has 0 aliphatic carbocycles. The number of amides is 2. The number of oxime groups is 1. The number of nitrogens with zero attached hydrogens (tertiary/aromatic N) is 6. The van der Waals surface area contributed by atoms with Crippen molar-refractivity contribution in [1.29, 1.82) is 0 Å². The predicted octanol–water partition coefficient (Wildman–Crippen LogP) is 0.310. The van der Waals surface area contributed by atoms with Crippen molar-refractivity contribution in [3.8, 4) is 5.75 Å². The number of hydrogen-bond donors (Lipinski definition) is 5. The van der Waals surface area contributed by atoms with Crippen molar-refractivity contribution in [3.63, 3.8) is 0 Å². The van der Waals surface area contributed by atoms with Gasteiger partial charge in [-0.2, -0.15) is 4.73 Å². The van der Waals surface area contributed by atoms with Gasteiger partial charge in [-0.25, -0.2) is 14.6 Å². The van der Waals surface area contributed by atoms with Gasteiger partial charge in [0.25, 0.3) is 11.8 Å². The number of esters is 1. The number of carboxylic acid groups (broad SMARTS) is 1. The zero-order chi connectivity index (χ0) is 33.1. The third-order valence-corrected chi connectivity index (χ3v) is 10.3. The number of thiazole rings is 1. The van der Waals surface area contributed by atoms with Crippen LogP contribution in [0.4, 0.5) is 5.13 Å². The number of rotatable bonds is 12. The number of nitrogen functional groups attached to an aromatic ring is 1. The second-order valence-electron chi connectivity index (χ2n) is 9.14. The highest BCUT2D eigenvalue weighted by Crippen LogP contribution is 2.42. The summed E-state index contributed by atoms with van der Waals surface area (Å²) in [4.78, 5) is 72.7. The lowest BCUT2D eigenvalue weighted by atomic mass is 10.0. The van der Waals surface area contributed by atoms with E-state index in [0.717, 1.165) is 51.6 Å². The maximum absolute atomic E-state index is 13.3. The molecule has 0 bridgehead atoms. The average molecular weight is 711 g/mol. The average Bonchev–Trinajstić information content (AvgIpc) is 3.68. The van der Waals surface area contributed by atoms with E-state index in [2.05, 4.69) is 25.7 Å². The molecule has 242 valence electrons. The molecule has 18 nitrogen and oxygen atoms in total. The van der Waals surface area contributed by atoms with Crippen molar-refractivity contribution in [2.24, 2.45) is 5.16 Å². The van der Waals surface area contributed by atoms with Crippen LogP contribution >= 0.6 is 46.2 Å². The van der Waals surface area contributed by atoms with Gasteiger partial charge in [-0.15, -0.1) is 33.3 Å². The Balaban J connectivity index is 1.28. The second-order valence-corrected chi connectivity index (χ2v) is 13.3. The highest BCUT2D eigenvalue weighted by Gasteiger charge is 2.54. The molecule has 0 saturated carbocycles. The Hall–Kier alpha value is -4.67. The summed E-state index contributed by atoms with van der Waals surface area (Å²) < 4.78 is 5.76. The second kappa shape index (κ2) is 13.8. The van der Waals surface area contributed by atoms with E-state index in [1.807, 2.05) is 0 Å². The van der Waals surface area contributed by atoms with E-state index in [0.29, 0.717) is 14.6 Å². The first-order chi connectivity index (χ1) is 22.0. The van der Waals surface area contributed by atoms with E-state index in [1.54, 1.807) is 6.92 Å². The molecule has 1 fully saturated rings. The van der Waals surface area contributed by atoms with Gasteiger partial charge in [-0.1, -0.05) is 28.3 Å². The standard InChI is InChI=1S/C24H22N8O10S4/c1-2-41-22(39)18-28-29-24(46-18)45-7-9-6-43-20-15(19(36)32(20)16(9)21(37)38)27-17(35)14(11-8-44-23(25)26-11)30-42-5-10-3-12(33)13(34)4-31(10)40/h3-4,8,15,20,34,40H,2,5-7H2,1H3,(H2,25,26)(H,27,35)(H,37,38)/t15-,20-/m1/s1. The molecule has 0 aromatic carbocycles. The summed E-state index contributed by atoms with van der Waals surface area (Å²) in [6.45, 7) is 1.34. The van der Waals surface area contributed by atoms with Crippen molar-refractivity contribution in [2.75, 3.05) is 23.8 Å². The fraction of sp³-hybridized carbons (Fsp3) is 0.292. The van der Waals surface area contributed by atoms with E-state index >= 15 is 0 Å². The van der Waals surface area contributed by atoms with E-state index in [4.69, 9.17) is 15.3 Å². The van der Waals surface area contributed by atoms with Crippen LogP contribution in [0.5, 0.6) is 5.75 Å². The quantitative estimate of drug-likeness (QED) is 0.0423. The Labute approximate surface area is 273 Å². The van der Waals surface area contributed by atoms with Crippen molar-refractivity contribution in [2.45, 2.75) is 29.3 Å². The summed E-state index contributed by atoms with van der Waals surface area (Å²) in [5.41, 5.74) is 4.70. The van der Waals surface area contributed by atoms with Crippen molar-refractivity contribution >= 4 is 80.8 Å². The fourth-order valence-electron chi connectivity index (χ4n) is 4.12. The van der Waals surface area contributed by atoms with Gasteiger partial charge in [0.2, 0.25) is 10.4 Å². The highest BCUT2D eigenvalue weighted by atomic mass is 32.2. The molecule has 6 N–H and O–H groups in total. The summed E-state index contributed by atoms with van der Waals surface area (Å²) in [6.07, 6.45) is 0.761. The first-order valence-electron chi connectivity index (χ1n) is 12.9. The van der Waals surface area contributed by atoms with Crippen LogP contribution in [-0.4, -0.2) is 99.2 Å². The van der Waals surface area contributed by atoms with Crippen LogP contribution in [0.2, 0.25) is 0 Å². The molecule has 1 saturated heterocycles. The minimum atomic E-state index is -1.33. The smallest absolute Gasteiger partial charge is 0.369 e. The third kappa shape index (κ3) is 6.78.